The fourth-order valence-corrected chi connectivity index (χ4v) is 2.28. The summed E-state index contributed by atoms with van der Waals surface area (Å²) in [6.07, 6.45) is 1.62. The van der Waals surface area contributed by atoms with Gasteiger partial charge < -0.3 is 10.1 Å². The van der Waals surface area contributed by atoms with E-state index < -0.39 is 0 Å². The van der Waals surface area contributed by atoms with Gasteiger partial charge in [-0.1, -0.05) is 22.9 Å². The van der Waals surface area contributed by atoms with E-state index in [1.165, 1.54) is 0 Å². The van der Waals surface area contributed by atoms with Gasteiger partial charge in [-0.2, -0.15) is 5.26 Å². The molecule has 0 aliphatic heterocycles. The lowest BCUT2D eigenvalue weighted by atomic mass is 10.2. The van der Waals surface area contributed by atoms with Gasteiger partial charge in [0.2, 0.25) is 0 Å². The van der Waals surface area contributed by atoms with Crippen LogP contribution in [0.2, 0.25) is 0 Å². The number of hydrogen-bond donors (Lipinski definition) is 1. The molecule has 1 N–H and O–H groups in total. The smallest absolute Gasteiger partial charge is 0.140 e. The lowest BCUT2D eigenvalue weighted by Crippen LogP contribution is -2.13. The Morgan fingerprint density at radius 3 is 2.95 bits per heavy atom. The predicted octanol–water partition coefficient (Wildman–Crippen LogP) is 3.40. The summed E-state index contributed by atoms with van der Waals surface area (Å²) >= 11 is 3.48. The molecule has 2 aromatic rings. The van der Waals surface area contributed by atoms with Crippen molar-refractivity contribution in [2.24, 2.45) is 0 Å². The van der Waals surface area contributed by atoms with E-state index in [0.29, 0.717) is 12.3 Å². The Morgan fingerprint density at radius 1 is 1.33 bits per heavy atom. The highest BCUT2D eigenvalue weighted by Crippen LogP contribution is 2.24. The Kier molecular flexibility index (Phi) is 5.73. The number of pyridine rings is 1. The van der Waals surface area contributed by atoms with Crippen LogP contribution < -0.4 is 10.1 Å². The topological polar surface area (TPSA) is 57.9 Å². The number of nitrogens with zero attached hydrogens (tertiary/aromatic N) is 2. The molecule has 5 heteroatoms. The molecule has 0 bridgehead atoms. The summed E-state index contributed by atoms with van der Waals surface area (Å²) in [4.78, 5) is 3.95. The van der Waals surface area contributed by atoms with Gasteiger partial charge in [0.15, 0.2) is 0 Å². The quantitative estimate of drug-likeness (QED) is 0.871. The summed E-state index contributed by atoms with van der Waals surface area (Å²) in [5, 5.41) is 12.1. The number of rotatable bonds is 6. The molecule has 0 saturated carbocycles. The zero-order valence-corrected chi connectivity index (χ0v) is 13.4. The Morgan fingerprint density at radius 2 is 2.19 bits per heavy atom. The van der Waals surface area contributed by atoms with Crippen molar-refractivity contribution >= 4 is 15.9 Å². The first kappa shape index (κ1) is 15.5. The molecule has 0 saturated heterocycles. The average molecular weight is 346 g/mol. The van der Waals surface area contributed by atoms with Gasteiger partial charge in [-0.15, -0.1) is 0 Å². The van der Waals surface area contributed by atoms with Crippen LogP contribution in [0.3, 0.4) is 0 Å². The minimum Gasteiger partial charge on any atom is -0.489 e. The highest BCUT2D eigenvalue weighted by Gasteiger charge is 2.05. The summed E-state index contributed by atoms with van der Waals surface area (Å²) in [5.74, 6) is 0.842. The first-order valence-corrected chi connectivity index (χ1v) is 7.49. The third kappa shape index (κ3) is 4.55. The number of nitriles is 1. The molecular formula is C16H16BrN3O. The van der Waals surface area contributed by atoms with Gasteiger partial charge in [-0.3, -0.25) is 0 Å². The highest BCUT2D eigenvalue weighted by atomic mass is 79.9. The molecule has 21 heavy (non-hydrogen) atoms. The number of ether oxygens (including phenoxy) is 1. The van der Waals surface area contributed by atoms with Crippen LogP contribution in [-0.2, 0) is 13.2 Å². The first-order valence-electron chi connectivity index (χ1n) is 6.70. The molecule has 0 unspecified atom stereocenters. The van der Waals surface area contributed by atoms with Gasteiger partial charge in [-0.05, 0) is 42.4 Å². The van der Waals surface area contributed by atoms with Crippen LogP contribution in [-0.4, -0.2) is 11.5 Å². The van der Waals surface area contributed by atoms with Gasteiger partial charge in [0.05, 0.1) is 0 Å². The van der Waals surface area contributed by atoms with E-state index in [1.807, 2.05) is 30.3 Å². The molecule has 0 radical (unpaired) electrons. The van der Waals surface area contributed by atoms with Crippen LogP contribution in [0.15, 0.2) is 41.0 Å². The molecule has 1 aromatic heterocycles. The summed E-state index contributed by atoms with van der Waals surface area (Å²) in [6.45, 7) is 4.14. The van der Waals surface area contributed by atoms with Crippen LogP contribution in [0.5, 0.6) is 5.75 Å². The molecule has 0 atom stereocenters. The fourth-order valence-electron chi connectivity index (χ4n) is 1.87. The van der Waals surface area contributed by atoms with Gasteiger partial charge in [0.25, 0.3) is 0 Å². The predicted molar refractivity (Wildman–Crippen MR) is 84.8 cm³/mol. The normalized spacial score (nSPS) is 10.1. The minimum absolute atomic E-state index is 0.403. The Balaban J connectivity index is 2.10. The minimum atomic E-state index is 0.403. The van der Waals surface area contributed by atoms with Gasteiger partial charge >= 0.3 is 0 Å². The van der Waals surface area contributed by atoms with Crippen molar-refractivity contribution in [3.8, 4) is 11.8 Å². The number of benzene rings is 1. The average Bonchev–Trinajstić information content (AvgIpc) is 2.52. The van der Waals surface area contributed by atoms with Crippen molar-refractivity contribution in [2.75, 3.05) is 6.54 Å². The Labute approximate surface area is 132 Å². The standard InChI is InChI=1S/C16H16BrN3O/c1-2-19-10-13-8-14(17)3-4-16(13)21-11-12-5-6-20-15(7-12)9-18/h3-8,19H,2,10-11H2,1H3. The Hall–Kier alpha value is -1.90. The maximum Gasteiger partial charge on any atom is 0.140 e. The molecule has 0 spiro atoms. The van der Waals surface area contributed by atoms with E-state index in [2.05, 4.69) is 33.2 Å². The van der Waals surface area contributed by atoms with E-state index in [4.69, 9.17) is 10.00 Å². The van der Waals surface area contributed by atoms with Crippen molar-refractivity contribution in [1.82, 2.24) is 10.3 Å². The monoisotopic (exact) mass is 345 g/mol. The molecule has 4 nitrogen and oxygen atoms in total. The van der Waals surface area contributed by atoms with Crippen molar-refractivity contribution in [3.05, 3.63) is 57.8 Å². The lowest BCUT2D eigenvalue weighted by molar-refractivity contribution is 0.302. The maximum atomic E-state index is 8.85. The van der Waals surface area contributed by atoms with Crippen LogP contribution in [0.4, 0.5) is 0 Å². The van der Waals surface area contributed by atoms with Gasteiger partial charge in [-0.25, -0.2) is 4.98 Å². The van der Waals surface area contributed by atoms with Crippen LogP contribution in [0, 0.1) is 11.3 Å². The zero-order chi connectivity index (χ0) is 15.1. The number of halogens is 1. The second-order valence-electron chi connectivity index (χ2n) is 4.48. The van der Waals surface area contributed by atoms with E-state index in [-0.39, 0.29) is 0 Å². The molecule has 108 valence electrons. The zero-order valence-electron chi connectivity index (χ0n) is 11.8. The second kappa shape index (κ2) is 7.77. The van der Waals surface area contributed by atoms with Gasteiger partial charge in [0.1, 0.15) is 24.1 Å². The maximum absolute atomic E-state index is 8.85. The van der Waals surface area contributed by atoms with Crippen LogP contribution >= 0.6 is 15.9 Å². The summed E-state index contributed by atoms with van der Waals surface area (Å²) in [7, 11) is 0. The van der Waals surface area contributed by atoms with Crippen molar-refractivity contribution in [1.29, 1.82) is 5.26 Å². The third-order valence-electron chi connectivity index (χ3n) is 2.92. The van der Waals surface area contributed by atoms with E-state index >= 15 is 0 Å². The molecule has 0 aliphatic rings. The molecular weight excluding hydrogens is 330 g/mol. The summed E-state index contributed by atoms with van der Waals surface area (Å²) < 4.78 is 6.90. The molecule has 1 heterocycles. The van der Waals surface area contributed by atoms with Crippen molar-refractivity contribution < 1.29 is 4.74 Å². The second-order valence-corrected chi connectivity index (χ2v) is 5.40. The van der Waals surface area contributed by atoms with E-state index in [1.54, 1.807) is 12.3 Å². The number of nitrogens with one attached hydrogen (secondary N) is 1. The van der Waals surface area contributed by atoms with Crippen LogP contribution in [0.25, 0.3) is 0 Å². The lowest BCUT2D eigenvalue weighted by Gasteiger charge is -2.12. The molecule has 0 fully saturated rings. The number of hydrogen-bond acceptors (Lipinski definition) is 4. The van der Waals surface area contributed by atoms with Crippen LogP contribution in [0.1, 0.15) is 23.7 Å². The third-order valence-corrected chi connectivity index (χ3v) is 3.41. The molecule has 2 rings (SSSR count). The van der Waals surface area contributed by atoms with E-state index in [9.17, 15) is 0 Å². The molecule has 0 amide bonds. The van der Waals surface area contributed by atoms with Gasteiger partial charge in [0, 0.05) is 22.8 Å². The molecule has 1 aromatic carbocycles. The fraction of sp³-hybridized carbons (Fsp3) is 0.250. The summed E-state index contributed by atoms with van der Waals surface area (Å²) in [5.41, 5.74) is 2.43. The first-order chi connectivity index (χ1) is 10.2. The summed E-state index contributed by atoms with van der Waals surface area (Å²) in [6, 6.07) is 11.6. The van der Waals surface area contributed by atoms with Crippen molar-refractivity contribution in [3.63, 3.8) is 0 Å². The highest BCUT2D eigenvalue weighted by molar-refractivity contribution is 9.10. The molecule has 0 aliphatic carbocycles. The van der Waals surface area contributed by atoms with Crippen molar-refractivity contribution in [2.45, 2.75) is 20.1 Å². The SMILES string of the molecule is CCNCc1cc(Br)ccc1OCc1ccnc(C#N)c1. The Bertz CT molecular complexity index is 652. The largest absolute Gasteiger partial charge is 0.489 e. The van der Waals surface area contributed by atoms with E-state index in [0.717, 1.165) is 34.4 Å². The number of aromatic nitrogens is 1.